The van der Waals surface area contributed by atoms with E-state index in [4.69, 9.17) is 4.74 Å². The molecule has 0 radical (unpaired) electrons. The van der Waals surface area contributed by atoms with Crippen molar-refractivity contribution >= 4 is 12.0 Å². The molecule has 2 aliphatic rings. The molecule has 0 aromatic rings. The Hall–Kier alpha value is -1.34. The highest BCUT2D eigenvalue weighted by molar-refractivity contribution is 5.82. The minimum atomic E-state index is -0.603. The smallest absolute Gasteiger partial charge is 0.408 e. The van der Waals surface area contributed by atoms with Gasteiger partial charge in [0.05, 0.1) is 6.10 Å². The molecule has 0 unspecified atom stereocenters. The fourth-order valence-electron chi connectivity index (χ4n) is 2.54. The highest BCUT2D eigenvalue weighted by Gasteiger charge is 2.35. The summed E-state index contributed by atoms with van der Waals surface area (Å²) in [5, 5.41) is 15.7. The molecule has 1 saturated heterocycles. The SMILES string of the molecule is CC(C)(C)OC(=O)NCC(=O)N1C[C@@H](O)C[C@H]1CNC1CC1. The van der Waals surface area contributed by atoms with E-state index >= 15 is 0 Å². The third kappa shape index (κ3) is 5.46. The summed E-state index contributed by atoms with van der Waals surface area (Å²) in [5.41, 5.74) is -0.590. The largest absolute Gasteiger partial charge is 0.444 e. The van der Waals surface area contributed by atoms with Crippen LogP contribution in [0.25, 0.3) is 0 Å². The van der Waals surface area contributed by atoms with Gasteiger partial charge in [0.25, 0.3) is 0 Å². The summed E-state index contributed by atoms with van der Waals surface area (Å²) in [4.78, 5) is 25.5. The van der Waals surface area contributed by atoms with Gasteiger partial charge in [0.2, 0.25) is 5.91 Å². The number of hydrogen-bond acceptors (Lipinski definition) is 5. The van der Waals surface area contributed by atoms with Crippen LogP contribution in [-0.2, 0) is 9.53 Å². The lowest BCUT2D eigenvalue weighted by atomic mass is 10.2. The molecule has 0 bridgehead atoms. The van der Waals surface area contributed by atoms with E-state index in [0.29, 0.717) is 25.6 Å². The molecule has 1 saturated carbocycles. The third-order valence-corrected chi connectivity index (χ3v) is 3.72. The number of amides is 2. The van der Waals surface area contributed by atoms with Crippen LogP contribution in [0.3, 0.4) is 0 Å². The molecule has 2 fully saturated rings. The molecular formula is C15H27N3O4. The standard InChI is InChI=1S/C15H27N3O4/c1-15(2,3)22-14(21)17-8-13(20)18-9-12(19)6-11(18)7-16-10-4-5-10/h10-12,16,19H,4-9H2,1-3H3,(H,17,21)/t11-,12-/m0/s1. The number of rotatable bonds is 5. The van der Waals surface area contributed by atoms with E-state index in [9.17, 15) is 14.7 Å². The molecule has 7 nitrogen and oxygen atoms in total. The predicted molar refractivity (Wildman–Crippen MR) is 81.4 cm³/mol. The Kier molecular flexibility index (Phi) is 5.28. The van der Waals surface area contributed by atoms with Gasteiger partial charge in [-0.2, -0.15) is 0 Å². The number of aliphatic hydroxyl groups is 1. The molecule has 2 amide bonds. The van der Waals surface area contributed by atoms with Crippen molar-refractivity contribution in [1.82, 2.24) is 15.5 Å². The van der Waals surface area contributed by atoms with E-state index in [1.165, 1.54) is 12.8 Å². The van der Waals surface area contributed by atoms with Gasteiger partial charge in [-0.15, -0.1) is 0 Å². The molecule has 22 heavy (non-hydrogen) atoms. The molecule has 0 aromatic heterocycles. The lowest BCUT2D eigenvalue weighted by Crippen LogP contribution is -2.47. The maximum absolute atomic E-state index is 12.2. The lowest BCUT2D eigenvalue weighted by Gasteiger charge is -2.25. The zero-order chi connectivity index (χ0) is 16.3. The molecule has 1 heterocycles. The van der Waals surface area contributed by atoms with Crippen LogP contribution in [0.5, 0.6) is 0 Å². The number of hydrogen-bond donors (Lipinski definition) is 3. The Balaban J connectivity index is 1.77. The van der Waals surface area contributed by atoms with Crippen molar-refractivity contribution in [3.05, 3.63) is 0 Å². The van der Waals surface area contributed by atoms with Gasteiger partial charge in [-0.05, 0) is 40.0 Å². The maximum atomic E-state index is 12.2. The highest BCUT2D eigenvalue weighted by Crippen LogP contribution is 2.21. The zero-order valence-corrected chi connectivity index (χ0v) is 13.6. The first-order valence-corrected chi connectivity index (χ1v) is 7.92. The number of alkyl carbamates (subject to hydrolysis) is 1. The number of carbonyl (C=O) groups is 2. The number of likely N-dealkylation sites (tertiary alicyclic amines) is 1. The number of ether oxygens (including phenoxy) is 1. The summed E-state index contributed by atoms with van der Waals surface area (Å²) in [6, 6.07) is 0.554. The monoisotopic (exact) mass is 313 g/mol. The van der Waals surface area contributed by atoms with E-state index in [1.54, 1.807) is 25.7 Å². The fraction of sp³-hybridized carbons (Fsp3) is 0.867. The number of β-amino-alcohol motifs (C(OH)–C–C–N with tert-alkyl or cyclic N) is 1. The fourth-order valence-corrected chi connectivity index (χ4v) is 2.54. The molecule has 0 spiro atoms. The normalized spacial score (nSPS) is 25.2. The van der Waals surface area contributed by atoms with Crippen LogP contribution >= 0.6 is 0 Å². The molecule has 1 aliphatic heterocycles. The quantitative estimate of drug-likeness (QED) is 0.676. The summed E-state index contributed by atoms with van der Waals surface area (Å²) in [6.45, 7) is 6.22. The van der Waals surface area contributed by atoms with E-state index in [2.05, 4.69) is 10.6 Å². The van der Waals surface area contributed by atoms with Crippen molar-refractivity contribution in [2.75, 3.05) is 19.6 Å². The van der Waals surface area contributed by atoms with Crippen molar-refractivity contribution in [1.29, 1.82) is 0 Å². The Morgan fingerprint density at radius 2 is 2.00 bits per heavy atom. The summed E-state index contributed by atoms with van der Waals surface area (Å²) < 4.78 is 5.10. The average molecular weight is 313 g/mol. The molecule has 3 N–H and O–H groups in total. The Bertz CT molecular complexity index is 418. The molecule has 2 atom stereocenters. The first kappa shape index (κ1) is 17.0. The van der Waals surface area contributed by atoms with Gasteiger partial charge in [-0.1, -0.05) is 0 Å². The minimum Gasteiger partial charge on any atom is -0.444 e. The minimum absolute atomic E-state index is 0.0106. The molecule has 0 aromatic carbocycles. The Labute approximate surface area is 131 Å². The van der Waals surface area contributed by atoms with Gasteiger partial charge in [-0.25, -0.2) is 4.79 Å². The number of aliphatic hydroxyl groups excluding tert-OH is 1. The third-order valence-electron chi connectivity index (χ3n) is 3.72. The number of nitrogens with one attached hydrogen (secondary N) is 2. The van der Waals surface area contributed by atoms with Gasteiger partial charge < -0.3 is 25.4 Å². The van der Waals surface area contributed by atoms with Crippen molar-refractivity contribution in [3.63, 3.8) is 0 Å². The van der Waals surface area contributed by atoms with Crippen molar-refractivity contribution in [3.8, 4) is 0 Å². The lowest BCUT2D eigenvalue weighted by molar-refractivity contribution is -0.131. The van der Waals surface area contributed by atoms with Crippen molar-refractivity contribution in [2.45, 2.75) is 63.8 Å². The van der Waals surface area contributed by atoms with Gasteiger partial charge in [0.15, 0.2) is 0 Å². The van der Waals surface area contributed by atoms with Gasteiger partial charge >= 0.3 is 6.09 Å². The van der Waals surface area contributed by atoms with Crippen LogP contribution in [0.2, 0.25) is 0 Å². The average Bonchev–Trinajstić information content (AvgIpc) is 3.14. The van der Waals surface area contributed by atoms with Crippen molar-refractivity contribution in [2.24, 2.45) is 0 Å². The van der Waals surface area contributed by atoms with Crippen LogP contribution in [0.15, 0.2) is 0 Å². The van der Waals surface area contributed by atoms with E-state index in [0.717, 1.165) is 0 Å². The summed E-state index contributed by atoms with van der Waals surface area (Å²) in [5.74, 6) is -0.190. The first-order chi connectivity index (χ1) is 10.2. The molecule has 7 heteroatoms. The second-order valence-corrected chi connectivity index (χ2v) is 7.13. The van der Waals surface area contributed by atoms with Crippen LogP contribution in [0, 0.1) is 0 Å². The second kappa shape index (κ2) is 6.83. The maximum Gasteiger partial charge on any atom is 0.408 e. The van der Waals surface area contributed by atoms with Gasteiger partial charge in [-0.3, -0.25) is 4.79 Å². The van der Waals surface area contributed by atoms with Crippen LogP contribution in [-0.4, -0.2) is 65.4 Å². The van der Waals surface area contributed by atoms with Crippen molar-refractivity contribution < 1.29 is 19.4 Å². The molecule has 2 rings (SSSR count). The topological polar surface area (TPSA) is 90.9 Å². The van der Waals surface area contributed by atoms with Crippen LogP contribution in [0.1, 0.15) is 40.0 Å². The summed E-state index contributed by atoms with van der Waals surface area (Å²) >= 11 is 0. The van der Waals surface area contributed by atoms with Gasteiger partial charge in [0, 0.05) is 25.2 Å². The predicted octanol–water partition coefficient (Wildman–Crippen LogP) is 0.225. The first-order valence-electron chi connectivity index (χ1n) is 7.92. The Morgan fingerprint density at radius 1 is 1.32 bits per heavy atom. The van der Waals surface area contributed by atoms with Crippen LogP contribution < -0.4 is 10.6 Å². The second-order valence-electron chi connectivity index (χ2n) is 7.13. The molecule has 126 valence electrons. The van der Waals surface area contributed by atoms with E-state index in [1.807, 2.05) is 0 Å². The summed E-state index contributed by atoms with van der Waals surface area (Å²) in [7, 11) is 0. The Morgan fingerprint density at radius 3 is 2.59 bits per heavy atom. The summed E-state index contributed by atoms with van der Waals surface area (Å²) in [6.07, 6.45) is 1.86. The highest BCUT2D eigenvalue weighted by atomic mass is 16.6. The zero-order valence-electron chi connectivity index (χ0n) is 13.6. The molecule has 1 aliphatic carbocycles. The van der Waals surface area contributed by atoms with Gasteiger partial charge in [0.1, 0.15) is 12.1 Å². The number of carbonyl (C=O) groups excluding carboxylic acids is 2. The number of nitrogens with zero attached hydrogens (tertiary/aromatic N) is 1. The van der Waals surface area contributed by atoms with E-state index in [-0.39, 0.29) is 18.5 Å². The van der Waals surface area contributed by atoms with Crippen LogP contribution in [0.4, 0.5) is 4.79 Å². The van der Waals surface area contributed by atoms with E-state index < -0.39 is 17.8 Å². The molecular weight excluding hydrogens is 286 g/mol.